The fourth-order valence-corrected chi connectivity index (χ4v) is 6.00. The van der Waals surface area contributed by atoms with Gasteiger partial charge >= 0.3 is 5.97 Å². The van der Waals surface area contributed by atoms with Crippen molar-refractivity contribution in [2.24, 2.45) is 16.0 Å². The number of para-hydroxylation sites is 1. The zero-order valence-corrected chi connectivity index (χ0v) is 24.1. The third-order valence-corrected chi connectivity index (χ3v) is 7.81. The molecule has 11 heteroatoms. The minimum Gasteiger partial charge on any atom is -0.496 e. The quantitative estimate of drug-likeness (QED) is 0.414. The highest BCUT2D eigenvalue weighted by molar-refractivity contribution is 7.07. The highest BCUT2D eigenvalue weighted by Crippen LogP contribution is 2.37. The lowest BCUT2D eigenvalue weighted by atomic mass is 9.95. The number of methoxy groups -OCH3 is 1. The molecule has 9 nitrogen and oxygen atoms in total. The summed E-state index contributed by atoms with van der Waals surface area (Å²) in [6.07, 6.45) is 1.23. The van der Waals surface area contributed by atoms with Crippen molar-refractivity contribution >= 4 is 52.3 Å². The molecule has 0 unspecified atom stereocenters. The number of thiazole rings is 1. The summed E-state index contributed by atoms with van der Waals surface area (Å²) in [6, 6.07) is 13.2. The third-order valence-electron chi connectivity index (χ3n) is 6.57. The molecule has 5 rings (SSSR count). The normalized spacial score (nSPS) is 19.1. The highest BCUT2D eigenvalue weighted by Gasteiger charge is 2.37. The summed E-state index contributed by atoms with van der Waals surface area (Å²) in [5, 5.41) is 6.19. The van der Waals surface area contributed by atoms with Gasteiger partial charge in [-0.05, 0) is 64.1 Å². The first kappa shape index (κ1) is 27.5. The molecule has 2 aliphatic rings. The number of hydrogen-bond donors (Lipinski definition) is 0. The zero-order chi connectivity index (χ0) is 28.7. The second-order valence-corrected chi connectivity index (χ2v) is 11.1. The average Bonchev–Trinajstić information content (AvgIpc) is 3.38. The summed E-state index contributed by atoms with van der Waals surface area (Å²) < 4.78 is 12.9. The molecule has 3 aromatic rings. The van der Waals surface area contributed by atoms with E-state index in [-0.39, 0.29) is 17.6 Å². The molecule has 0 N–H and O–H groups in total. The second-order valence-electron chi connectivity index (χ2n) is 9.65. The van der Waals surface area contributed by atoms with Gasteiger partial charge < -0.3 is 9.47 Å². The Balaban J connectivity index is 1.67. The van der Waals surface area contributed by atoms with Crippen LogP contribution in [0.2, 0.25) is 5.02 Å². The molecular formula is C29H27ClN4O5S. The molecule has 1 amide bonds. The van der Waals surface area contributed by atoms with Crippen molar-refractivity contribution in [2.45, 2.75) is 39.8 Å². The van der Waals surface area contributed by atoms with E-state index in [1.165, 1.54) is 16.7 Å². The first-order chi connectivity index (χ1) is 19.1. The molecule has 0 saturated heterocycles. The van der Waals surface area contributed by atoms with Gasteiger partial charge in [-0.2, -0.15) is 10.1 Å². The topological polar surface area (TPSA) is 103 Å². The second kappa shape index (κ2) is 10.9. The van der Waals surface area contributed by atoms with E-state index in [0.29, 0.717) is 42.8 Å². The van der Waals surface area contributed by atoms with Gasteiger partial charge in [-0.3, -0.25) is 14.2 Å². The summed E-state index contributed by atoms with van der Waals surface area (Å²) in [5.74, 6) is -1.14. The Kier molecular flexibility index (Phi) is 7.48. The van der Waals surface area contributed by atoms with E-state index in [1.807, 2.05) is 18.2 Å². The van der Waals surface area contributed by atoms with Gasteiger partial charge in [0.1, 0.15) is 17.7 Å². The van der Waals surface area contributed by atoms with Crippen molar-refractivity contribution in [1.82, 2.24) is 4.57 Å². The van der Waals surface area contributed by atoms with Crippen LogP contribution in [-0.4, -0.2) is 35.4 Å². The maximum absolute atomic E-state index is 14.0. The summed E-state index contributed by atoms with van der Waals surface area (Å²) in [6.45, 7) is 6.95. The fraction of sp³-hybridized carbons (Fsp3) is 0.276. The number of amides is 1. The largest absolute Gasteiger partial charge is 0.496 e. The van der Waals surface area contributed by atoms with Crippen LogP contribution in [0.5, 0.6) is 5.75 Å². The number of benzene rings is 2. The number of hydrogen-bond acceptors (Lipinski definition) is 8. The van der Waals surface area contributed by atoms with E-state index in [4.69, 9.17) is 21.1 Å². The molecule has 0 fully saturated rings. The Morgan fingerprint density at radius 1 is 1.12 bits per heavy atom. The van der Waals surface area contributed by atoms with Crippen LogP contribution in [0, 0.1) is 5.92 Å². The molecule has 2 atom stereocenters. The summed E-state index contributed by atoms with van der Waals surface area (Å²) >= 11 is 7.51. The molecule has 0 saturated carbocycles. The van der Waals surface area contributed by atoms with Crippen LogP contribution in [0.25, 0.3) is 6.08 Å². The van der Waals surface area contributed by atoms with Crippen molar-refractivity contribution in [1.29, 1.82) is 0 Å². The van der Waals surface area contributed by atoms with Crippen LogP contribution < -0.4 is 24.6 Å². The molecule has 2 aliphatic heterocycles. The maximum Gasteiger partial charge on any atom is 0.338 e. The summed E-state index contributed by atoms with van der Waals surface area (Å²) in [4.78, 5) is 45.7. The number of fused-ring (bicyclic) bond motifs is 1. The Morgan fingerprint density at radius 2 is 1.85 bits per heavy atom. The molecule has 0 spiro atoms. The van der Waals surface area contributed by atoms with E-state index in [9.17, 15) is 14.4 Å². The number of halogens is 1. The van der Waals surface area contributed by atoms with Gasteiger partial charge in [0.2, 0.25) is 0 Å². The van der Waals surface area contributed by atoms with Gasteiger partial charge in [0, 0.05) is 10.6 Å². The molecule has 40 heavy (non-hydrogen) atoms. The maximum atomic E-state index is 14.0. The first-order valence-corrected chi connectivity index (χ1v) is 13.8. The van der Waals surface area contributed by atoms with Crippen LogP contribution >= 0.6 is 22.9 Å². The number of allylic oxidation sites excluding steroid dienone is 1. The van der Waals surface area contributed by atoms with E-state index in [2.05, 4.69) is 10.1 Å². The Morgan fingerprint density at radius 3 is 2.52 bits per heavy atom. The average molecular weight is 579 g/mol. The van der Waals surface area contributed by atoms with Crippen molar-refractivity contribution in [2.75, 3.05) is 12.1 Å². The minimum atomic E-state index is -0.909. The number of anilines is 1. The van der Waals surface area contributed by atoms with E-state index in [0.717, 1.165) is 11.3 Å². The van der Waals surface area contributed by atoms with Gasteiger partial charge in [-0.1, -0.05) is 41.1 Å². The van der Waals surface area contributed by atoms with Gasteiger partial charge in [0.05, 0.1) is 40.4 Å². The fourth-order valence-electron chi connectivity index (χ4n) is 4.76. The molecule has 206 valence electrons. The molecule has 3 heterocycles. The van der Waals surface area contributed by atoms with E-state index >= 15 is 0 Å². The van der Waals surface area contributed by atoms with Crippen molar-refractivity contribution in [3.8, 4) is 5.75 Å². The molecule has 0 bridgehead atoms. The number of carbonyl (C=O) groups excluding carboxylic acids is 2. The van der Waals surface area contributed by atoms with E-state index in [1.54, 1.807) is 64.1 Å². The van der Waals surface area contributed by atoms with Gasteiger partial charge in [0.15, 0.2) is 4.80 Å². The number of ether oxygens (including phenoxy) is 2. The summed E-state index contributed by atoms with van der Waals surface area (Å²) in [7, 11) is 1.51. The number of esters is 1. The van der Waals surface area contributed by atoms with Crippen molar-refractivity contribution < 1.29 is 19.1 Å². The van der Waals surface area contributed by atoms with Crippen molar-refractivity contribution in [3.63, 3.8) is 0 Å². The molecule has 0 radical (unpaired) electrons. The van der Waals surface area contributed by atoms with Crippen LogP contribution in [-0.2, 0) is 14.3 Å². The SMILES string of the molecule is COc1ccc(Cl)cc1[C@@H]1C(C(=O)OC(C)C)=C(C)N=c2s/c(=C\[C@@H]3C(=O)N(c4ccccc4)N=C3C)c(=O)n21. The third kappa shape index (κ3) is 4.89. The highest BCUT2D eigenvalue weighted by atomic mass is 35.5. The molecule has 0 aliphatic carbocycles. The summed E-state index contributed by atoms with van der Waals surface area (Å²) in [5.41, 5.74) is 1.93. The van der Waals surface area contributed by atoms with Crippen LogP contribution in [0.3, 0.4) is 0 Å². The van der Waals surface area contributed by atoms with Gasteiger partial charge in [-0.25, -0.2) is 9.79 Å². The van der Waals surface area contributed by atoms with Gasteiger partial charge in [-0.15, -0.1) is 0 Å². The molecular weight excluding hydrogens is 552 g/mol. The smallest absolute Gasteiger partial charge is 0.338 e. The lowest BCUT2D eigenvalue weighted by Crippen LogP contribution is -2.40. The molecule has 2 aromatic carbocycles. The standard InChI is InChI=1S/C29H27ClN4O5S/c1-15(2)39-28(37)24-17(4)31-29-33(25(24)21-13-18(30)11-12-22(21)38-5)27(36)23(40-29)14-20-16(3)32-34(26(20)35)19-9-7-6-8-10-19/h6-15,20,25H,1-5H3/b23-14-/t20-,25+/m0/s1. The zero-order valence-electron chi connectivity index (χ0n) is 22.5. The number of aromatic nitrogens is 1. The molecule has 1 aromatic heterocycles. The number of rotatable bonds is 6. The number of carbonyl (C=O) groups is 2. The first-order valence-electron chi connectivity index (χ1n) is 12.6. The van der Waals surface area contributed by atoms with Crippen LogP contribution in [0.15, 0.2) is 74.7 Å². The Hall–Kier alpha value is -4.02. The number of hydrazone groups is 1. The van der Waals surface area contributed by atoms with Crippen molar-refractivity contribution in [3.05, 3.63) is 90.1 Å². The predicted molar refractivity (Wildman–Crippen MR) is 154 cm³/mol. The van der Waals surface area contributed by atoms with Crippen LogP contribution in [0.1, 0.15) is 39.3 Å². The number of nitrogens with zero attached hydrogens (tertiary/aromatic N) is 4. The monoisotopic (exact) mass is 578 g/mol. The van der Waals surface area contributed by atoms with E-state index < -0.39 is 23.5 Å². The Labute approximate surface area is 239 Å². The Bertz CT molecular complexity index is 1760. The van der Waals surface area contributed by atoms with Crippen LogP contribution in [0.4, 0.5) is 5.69 Å². The predicted octanol–water partition coefficient (Wildman–Crippen LogP) is 3.84. The lowest BCUT2D eigenvalue weighted by Gasteiger charge is -2.26. The minimum absolute atomic E-state index is 0.207. The lowest BCUT2D eigenvalue weighted by molar-refractivity contribution is -0.143. The van der Waals surface area contributed by atoms with Gasteiger partial charge in [0.25, 0.3) is 11.5 Å².